The molecule has 5 saturated carbocycles. The highest BCUT2D eigenvalue weighted by atomic mass is 16.6. The van der Waals surface area contributed by atoms with Crippen molar-refractivity contribution < 1.29 is 24.2 Å². The van der Waals surface area contributed by atoms with Gasteiger partial charge in [-0.15, -0.1) is 0 Å². The Morgan fingerprint density at radius 2 is 1.61 bits per heavy atom. The molecule has 0 aliphatic heterocycles. The average molecular weight is 531 g/mol. The summed E-state index contributed by atoms with van der Waals surface area (Å²) < 4.78 is 11.1. The van der Waals surface area contributed by atoms with Crippen molar-refractivity contribution in [2.24, 2.45) is 46.3 Å². The number of fused-ring (bicyclic) bond motifs is 5. The fraction of sp³-hybridized carbons (Fsp3) is 0.939. The van der Waals surface area contributed by atoms with Crippen LogP contribution >= 0.6 is 0 Å². The molecule has 0 aromatic carbocycles. The van der Waals surface area contributed by atoms with Gasteiger partial charge in [0.15, 0.2) is 6.61 Å². The van der Waals surface area contributed by atoms with Gasteiger partial charge >= 0.3 is 11.9 Å². The van der Waals surface area contributed by atoms with Crippen molar-refractivity contribution in [1.29, 1.82) is 0 Å². The van der Waals surface area contributed by atoms with E-state index in [0.717, 1.165) is 69.1 Å². The summed E-state index contributed by atoms with van der Waals surface area (Å²) in [5.41, 5.74) is 0.467. The van der Waals surface area contributed by atoms with Crippen molar-refractivity contribution in [1.82, 2.24) is 0 Å². The van der Waals surface area contributed by atoms with Crippen LogP contribution in [-0.4, -0.2) is 35.4 Å². The Morgan fingerprint density at radius 1 is 0.895 bits per heavy atom. The molecular weight excluding hydrogens is 476 g/mol. The molecule has 5 nitrogen and oxygen atoms in total. The Hall–Kier alpha value is -1.10. The largest absolute Gasteiger partial charge is 0.457 e. The molecule has 0 bridgehead atoms. The summed E-state index contributed by atoms with van der Waals surface area (Å²) in [5, 5.41) is 10.3. The summed E-state index contributed by atoms with van der Waals surface area (Å²) in [6.07, 6.45) is 17.2. The molecule has 5 fully saturated rings. The van der Waals surface area contributed by atoms with Gasteiger partial charge in [0.1, 0.15) is 5.60 Å². The maximum atomic E-state index is 12.5. The number of hydrogen-bond donors (Lipinski definition) is 1. The third-order valence-corrected chi connectivity index (χ3v) is 13.0. The number of aliphatic hydroxyl groups excluding tert-OH is 1. The Balaban J connectivity index is 1.11. The highest BCUT2D eigenvalue weighted by Gasteiger charge is 2.60. The Bertz CT molecular complexity index is 863. The maximum Gasteiger partial charge on any atom is 0.344 e. The minimum absolute atomic E-state index is 0.0761. The molecule has 0 spiro atoms. The van der Waals surface area contributed by atoms with Crippen LogP contribution in [0.5, 0.6) is 0 Å². The summed E-state index contributed by atoms with van der Waals surface area (Å²) in [4.78, 5) is 24.9. The van der Waals surface area contributed by atoms with Crippen LogP contribution in [-0.2, 0) is 19.1 Å². The lowest BCUT2D eigenvalue weighted by molar-refractivity contribution is -0.170. The third kappa shape index (κ3) is 5.19. The van der Waals surface area contributed by atoms with E-state index in [2.05, 4.69) is 27.7 Å². The van der Waals surface area contributed by atoms with Gasteiger partial charge in [-0.25, -0.2) is 4.79 Å². The lowest BCUT2D eigenvalue weighted by Gasteiger charge is -2.61. The van der Waals surface area contributed by atoms with Gasteiger partial charge in [-0.05, 0) is 143 Å². The second-order valence-corrected chi connectivity index (χ2v) is 14.7. The molecule has 0 aromatic heterocycles. The lowest BCUT2D eigenvalue weighted by Crippen LogP contribution is -2.54. The van der Waals surface area contributed by atoms with E-state index in [1.165, 1.54) is 44.9 Å². The van der Waals surface area contributed by atoms with Crippen molar-refractivity contribution in [3.8, 4) is 0 Å². The van der Waals surface area contributed by atoms with E-state index >= 15 is 0 Å². The van der Waals surface area contributed by atoms with Crippen LogP contribution < -0.4 is 0 Å². The normalized spacial score (nSPS) is 42.4. The maximum absolute atomic E-state index is 12.5. The van der Waals surface area contributed by atoms with Crippen LogP contribution in [0.1, 0.15) is 130 Å². The lowest BCUT2D eigenvalue weighted by atomic mass is 9.44. The first-order valence-electron chi connectivity index (χ1n) is 16.2. The van der Waals surface area contributed by atoms with Crippen LogP contribution in [0.2, 0.25) is 0 Å². The summed E-state index contributed by atoms with van der Waals surface area (Å²) in [6, 6.07) is 0. The van der Waals surface area contributed by atoms with Crippen LogP contribution in [0.4, 0.5) is 0 Å². The van der Waals surface area contributed by atoms with E-state index in [9.17, 15) is 14.7 Å². The van der Waals surface area contributed by atoms with Gasteiger partial charge in [0.05, 0.1) is 6.10 Å². The van der Waals surface area contributed by atoms with Gasteiger partial charge in [-0.3, -0.25) is 4.79 Å². The van der Waals surface area contributed by atoms with E-state index in [0.29, 0.717) is 35.0 Å². The van der Waals surface area contributed by atoms with Crippen LogP contribution in [0, 0.1) is 46.3 Å². The van der Waals surface area contributed by atoms with Gasteiger partial charge in [0.2, 0.25) is 0 Å². The van der Waals surface area contributed by atoms with Crippen molar-refractivity contribution in [3.63, 3.8) is 0 Å². The van der Waals surface area contributed by atoms with Gasteiger partial charge in [0.25, 0.3) is 0 Å². The first-order valence-corrected chi connectivity index (χ1v) is 16.2. The number of aliphatic hydroxyl groups is 1. The quantitative estimate of drug-likeness (QED) is 0.335. The summed E-state index contributed by atoms with van der Waals surface area (Å²) in [6.45, 7) is 9.30. The van der Waals surface area contributed by atoms with Crippen LogP contribution in [0.3, 0.4) is 0 Å². The molecule has 1 N–H and O–H groups in total. The number of hydrogen-bond acceptors (Lipinski definition) is 5. The number of esters is 2. The van der Waals surface area contributed by atoms with E-state index in [1.807, 2.05) is 0 Å². The summed E-state index contributed by atoms with van der Waals surface area (Å²) in [7, 11) is 0. The smallest absolute Gasteiger partial charge is 0.344 e. The molecule has 0 radical (unpaired) electrons. The Morgan fingerprint density at radius 3 is 2.34 bits per heavy atom. The molecule has 5 aliphatic carbocycles. The monoisotopic (exact) mass is 530 g/mol. The van der Waals surface area contributed by atoms with E-state index in [-0.39, 0.29) is 24.3 Å². The minimum atomic E-state index is -0.394. The zero-order chi connectivity index (χ0) is 27.1. The molecule has 0 heterocycles. The standard InChI is InChI=1S/C33H54O5/c1-5-33(16-6-7-17-33)38-30(36)21-37-29(35)13-8-22(2)26-11-12-27-25-10-9-23-20-24(34)14-18-31(23,3)28(25)15-19-32(26,27)4/h22-28,34H,5-21H2,1-4H3/t22?,23-,24?,25?,26?,27?,28?,31?,32?/m0/s1. The predicted molar refractivity (Wildman–Crippen MR) is 148 cm³/mol. The van der Waals surface area contributed by atoms with Crippen molar-refractivity contribution in [2.45, 2.75) is 142 Å². The molecule has 216 valence electrons. The number of ether oxygens (including phenoxy) is 2. The van der Waals surface area contributed by atoms with Gasteiger partial charge in [0, 0.05) is 6.42 Å². The number of rotatable bonds is 8. The fourth-order valence-corrected chi connectivity index (χ4v) is 10.8. The number of carbonyl (C=O) groups is 2. The molecule has 5 aliphatic rings. The number of carbonyl (C=O) groups excluding carboxylic acids is 2. The van der Waals surface area contributed by atoms with Crippen molar-refractivity contribution in [2.75, 3.05) is 6.61 Å². The Kier molecular flexibility index (Phi) is 8.27. The van der Waals surface area contributed by atoms with Gasteiger partial charge in [-0.1, -0.05) is 27.7 Å². The SMILES string of the molecule is CCC1(OC(=O)COC(=O)CCC(C)C2CCC3C4CC[C@H]5CC(O)CCC5(C)C4CCC23C)CCCC1. The zero-order valence-corrected chi connectivity index (χ0v) is 24.6. The predicted octanol–water partition coefficient (Wildman–Crippen LogP) is 7.23. The molecule has 9 atom stereocenters. The van der Waals surface area contributed by atoms with E-state index in [1.54, 1.807) is 0 Å². The molecule has 5 rings (SSSR count). The highest BCUT2D eigenvalue weighted by Crippen LogP contribution is 2.68. The van der Waals surface area contributed by atoms with Gasteiger partial charge < -0.3 is 14.6 Å². The third-order valence-electron chi connectivity index (χ3n) is 13.0. The second kappa shape index (κ2) is 11.1. The first-order chi connectivity index (χ1) is 18.1. The fourth-order valence-electron chi connectivity index (χ4n) is 10.8. The summed E-state index contributed by atoms with van der Waals surface area (Å²) in [5.74, 6) is 3.67. The van der Waals surface area contributed by atoms with Crippen LogP contribution in [0.25, 0.3) is 0 Å². The van der Waals surface area contributed by atoms with Crippen molar-refractivity contribution in [3.05, 3.63) is 0 Å². The van der Waals surface area contributed by atoms with E-state index < -0.39 is 5.97 Å². The van der Waals surface area contributed by atoms with Crippen molar-refractivity contribution >= 4 is 11.9 Å². The van der Waals surface area contributed by atoms with Gasteiger partial charge in [-0.2, -0.15) is 0 Å². The topological polar surface area (TPSA) is 72.8 Å². The molecule has 0 amide bonds. The average Bonchev–Trinajstić information content (AvgIpc) is 3.51. The Labute approximate surface area is 231 Å². The molecule has 0 saturated heterocycles. The van der Waals surface area contributed by atoms with Crippen LogP contribution in [0.15, 0.2) is 0 Å². The minimum Gasteiger partial charge on any atom is -0.457 e. The molecule has 5 heteroatoms. The molecule has 38 heavy (non-hydrogen) atoms. The first kappa shape index (κ1) is 28.4. The summed E-state index contributed by atoms with van der Waals surface area (Å²) >= 11 is 0. The zero-order valence-electron chi connectivity index (χ0n) is 24.6. The van der Waals surface area contributed by atoms with E-state index in [4.69, 9.17) is 9.47 Å². The highest BCUT2D eigenvalue weighted by molar-refractivity contribution is 5.76. The molecule has 8 unspecified atom stereocenters. The second-order valence-electron chi connectivity index (χ2n) is 14.7. The molecule has 0 aromatic rings. The molecular formula is C33H54O5.